The van der Waals surface area contributed by atoms with Gasteiger partial charge in [-0.2, -0.15) is 0 Å². The highest BCUT2D eigenvalue weighted by Gasteiger charge is 2.23. The zero-order chi connectivity index (χ0) is 12.8. The van der Waals surface area contributed by atoms with Crippen molar-refractivity contribution >= 4 is 0 Å². The first-order chi connectivity index (χ1) is 8.83. The maximum atomic E-state index is 5.79. The van der Waals surface area contributed by atoms with Crippen molar-refractivity contribution in [1.29, 1.82) is 0 Å². The van der Waals surface area contributed by atoms with Crippen molar-refractivity contribution < 1.29 is 9.47 Å². The van der Waals surface area contributed by atoms with E-state index >= 15 is 0 Å². The van der Waals surface area contributed by atoms with Gasteiger partial charge in [-0.05, 0) is 43.4 Å². The topological polar surface area (TPSA) is 56.5 Å². The normalized spacial score (nSPS) is 16.6. The standard InChI is InChI=1S/C14H22N2O2/c1-17-9-3-6-14(16-15)11-4-2-5-13(10-11)18-12-7-8-12/h2,4-5,10,12,14,16H,3,6-9,15H2,1H3. The number of ether oxygens (including phenoxy) is 2. The summed E-state index contributed by atoms with van der Waals surface area (Å²) in [6.45, 7) is 0.760. The fourth-order valence-electron chi connectivity index (χ4n) is 1.96. The second-order valence-electron chi connectivity index (χ2n) is 4.74. The van der Waals surface area contributed by atoms with Crippen LogP contribution in [0.5, 0.6) is 5.75 Å². The van der Waals surface area contributed by atoms with Crippen LogP contribution in [0.25, 0.3) is 0 Å². The molecule has 2 rings (SSSR count). The minimum Gasteiger partial charge on any atom is -0.490 e. The van der Waals surface area contributed by atoms with E-state index in [1.807, 2.05) is 12.1 Å². The summed E-state index contributed by atoms with van der Waals surface area (Å²) in [4.78, 5) is 0. The molecule has 4 heteroatoms. The Kier molecular flexibility index (Phi) is 4.99. The van der Waals surface area contributed by atoms with Crippen LogP contribution in [0.1, 0.15) is 37.3 Å². The van der Waals surface area contributed by atoms with Gasteiger partial charge in [-0.15, -0.1) is 0 Å². The zero-order valence-electron chi connectivity index (χ0n) is 10.9. The van der Waals surface area contributed by atoms with Gasteiger partial charge in [-0.25, -0.2) is 0 Å². The zero-order valence-corrected chi connectivity index (χ0v) is 10.9. The molecule has 0 radical (unpaired) electrons. The molecule has 1 aliphatic rings. The Balaban J connectivity index is 1.95. The lowest BCUT2D eigenvalue weighted by Crippen LogP contribution is -2.28. The number of hydrogen-bond acceptors (Lipinski definition) is 4. The van der Waals surface area contributed by atoms with E-state index < -0.39 is 0 Å². The minimum atomic E-state index is 0.155. The van der Waals surface area contributed by atoms with Gasteiger partial charge in [0.25, 0.3) is 0 Å². The Morgan fingerprint density at radius 1 is 1.44 bits per heavy atom. The van der Waals surface area contributed by atoms with Crippen LogP contribution in [0.2, 0.25) is 0 Å². The van der Waals surface area contributed by atoms with Crippen LogP contribution >= 0.6 is 0 Å². The SMILES string of the molecule is COCCCC(NN)c1cccc(OC2CC2)c1. The maximum absolute atomic E-state index is 5.79. The highest BCUT2D eigenvalue weighted by Crippen LogP contribution is 2.29. The van der Waals surface area contributed by atoms with Crippen molar-refractivity contribution in [2.45, 2.75) is 37.8 Å². The molecule has 0 saturated heterocycles. The second-order valence-corrected chi connectivity index (χ2v) is 4.74. The van der Waals surface area contributed by atoms with Gasteiger partial charge in [0.2, 0.25) is 0 Å². The van der Waals surface area contributed by atoms with Crippen molar-refractivity contribution in [1.82, 2.24) is 5.43 Å². The van der Waals surface area contributed by atoms with Gasteiger partial charge in [-0.3, -0.25) is 11.3 Å². The van der Waals surface area contributed by atoms with E-state index in [2.05, 4.69) is 17.6 Å². The van der Waals surface area contributed by atoms with Crippen molar-refractivity contribution in [3.63, 3.8) is 0 Å². The molecule has 18 heavy (non-hydrogen) atoms. The van der Waals surface area contributed by atoms with Crippen molar-refractivity contribution in [3.8, 4) is 5.75 Å². The van der Waals surface area contributed by atoms with E-state index in [0.717, 1.165) is 25.2 Å². The van der Waals surface area contributed by atoms with Gasteiger partial charge >= 0.3 is 0 Å². The van der Waals surface area contributed by atoms with E-state index in [0.29, 0.717) is 6.10 Å². The molecule has 3 N–H and O–H groups in total. The largest absolute Gasteiger partial charge is 0.490 e. The Labute approximate surface area is 108 Å². The first-order valence-electron chi connectivity index (χ1n) is 6.55. The van der Waals surface area contributed by atoms with Crippen LogP contribution < -0.4 is 16.0 Å². The molecule has 1 fully saturated rings. The lowest BCUT2D eigenvalue weighted by Gasteiger charge is -2.17. The Morgan fingerprint density at radius 2 is 2.28 bits per heavy atom. The lowest BCUT2D eigenvalue weighted by molar-refractivity contribution is 0.189. The number of hydrogen-bond donors (Lipinski definition) is 2. The van der Waals surface area contributed by atoms with Crippen molar-refractivity contribution in [2.75, 3.05) is 13.7 Å². The molecule has 1 aromatic carbocycles. The molecule has 0 heterocycles. The predicted molar refractivity (Wildman–Crippen MR) is 71.3 cm³/mol. The number of benzene rings is 1. The Morgan fingerprint density at radius 3 is 2.94 bits per heavy atom. The smallest absolute Gasteiger partial charge is 0.120 e. The molecule has 1 aliphatic carbocycles. The van der Waals surface area contributed by atoms with Crippen LogP contribution in [0.15, 0.2) is 24.3 Å². The monoisotopic (exact) mass is 250 g/mol. The Hall–Kier alpha value is -1.10. The summed E-state index contributed by atoms with van der Waals surface area (Å²) in [6.07, 6.45) is 4.72. The van der Waals surface area contributed by atoms with E-state index in [-0.39, 0.29) is 6.04 Å². The van der Waals surface area contributed by atoms with Gasteiger partial charge in [0.1, 0.15) is 5.75 Å². The molecule has 0 spiro atoms. The predicted octanol–water partition coefficient (Wildman–Crippen LogP) is 2.16. The average molecular weight is 250 g/mol. The number of nitrogens with one attached hydrogen (secondary N) is 1. The average Bonchev–Trinajstić information content (AvgIpc) is 3.19. The van der Waals surface area contributed by atoms with Crippen LogP contribution in [-0.2, 0) is 4.74 Å². The number of rotatable bonds is 8. The van der Waals surface area contributed by atoms with Crippen LogP contribution in [0.3, 0.4) is 0 Å². The first kappa shape index (κ1) is 13.3. The van der Waals surface area contributed by atoms with Gasteiger partial charge in [-0.1, -0.05) is 12.1 Å². The summed E-state index contributed by atoms with van der Waals surface area (Å²) < 4.78 is 10.9. The van der Waals surface area contributed by atoms with Crippen LogP contribution in [0, 0.1) is 0 Å². The molecule has 1 unspecified atom stereocenters. The lowest BCUT2D eigenvalue weighted by atomic mass is 10.0. The summed E-state index contributed by atoms with van der Waals surface area (Å²) in [5.41, 5.74) is 4.04. The second kappa shape index (κ2) is 6.73. The molecule has 1 saturated carbocycles. The molecule has 0 amide bonds. The summed E-state index contributed by atoms with van der Waals surface area (Å²) >= 11 is 0. The molecular formula is C14H22N2O2. The van der Waals surface area contributed by atoms with E-state index in [9.17, 15) is 0 Å². The quantitative estimate of drug-likeness (QED) is 0.422. The molecule has 4 nitrogen and oxygen atoms in total. The molecule has 100 valence electrons. The highest BCUT2D eigenvalue weighted by atomic mass is 16.5. The first-order valence-corrected chi connectivity index (χ1v) is 6.55. The van der Waals surface area contributed by atoms with Crippen molar-refractivity contribution in [2.24, 2.45) is 5.84 Å². The van der Waals surface area contributed by atoms with Gasteiger partial charge in [0.15, 0.2) is 0 Å². The van der Waals surface area contributed by atoms with E-state index in [4.69, 9.17) is 15.3 Å². The molecule has 1 atom stereocenters. The van der Waals surface area contributed by atoms with Gasteiger partial charge in [0, 0.05) is 19.8 Å². The van der Waals surface area contributed by atoms with Gasteiger partial charge < -0.3 is 9.47 Å². The summed E-state index contributed by atoms with van der Waals surface area (Å²) in [6, 6.07) is 8.34. The fourth-order valence-corrected chi connectivity index (χ4v) is 1.96. The summed E-state index contributed by atoms with van der Waals surface area (Å²) in [5.74, 6) is 6.57. The molecule has 0 aliphatic heterocycles. The highest BCUT2D eigenvalue weighted by molar-refractivity contribution is 5.31. The minimum absolute atomic E-state index is 0.155. The molecule has 0 bridgehead atoms. The summed E-state index contributed by atoms with van der Waals surface area (Å²) in [7, 11) is 1.72. The van der Waals surface area contributed by atoms with Crippen molar-refractivity contribution in [3.05, 3.63) is 29.8 Å². The molecular weight excluding hydrogens is 228 g/mol. The number of nitrogens with two attached hydrogens (primary N) is 1. The molecule has 0 aromatic heterocycles. The third kappa shape index (κ3) is 3.98. The third-order valence-corrected chi connectivity index (χ3v) is 3.13. The Bertz CT molecular complexity index is 367. The summed E-state index contributed by atoms with van der Waals surface area (Å²) in [5, 5.41) is 0. The molecule has 1 aromatic rings. The number of hydrazine groups is 1. The van der Waals surface area contributed by atoms with Crippen LogP contribution in [0.4, 0.5) is 0 Å². The third-order valence-electron chi connectivity index (χ3n) is 3.13. The fraction of sp³-hybridized carbons (Fsp3) is 0.571. The number of methoxy groups -OCH3 is 1. The van der Waals surface area contributed by atoms with Crippen LogP contribution in [-0.4, -0.2) is 19.8 Å². The van der Waals surface area contributed by atoms with E-state index in [1.54, 1.807) is 7.11 Å². The van der Waals surface area contributed by atoms with E-state index in [1.165, 1.54) is 18.4 Å². The van der Waals surface area contributed by atoms with Gasteiger partial charge in [0.05, 0.1) is 6.10 Å². The maximum Gasteiger partial charge on any atom is 0.120 e.